The highest BCUT2D eigenvalue weighted by molar-refractivity contribution is 7.26. The maximum atomic E-state index is 5.24. The molecule has 0 aliphatic carbocycles. The van der Waals surface area contributed by atoms with Gasteiger partial charge in [-0.3, -0.25) is 4.57 Å². The van der Waals surface area contributed by atoms with Gasteiger partial charge < -0.3 is 4.57 Å². The summed E-state index contributed by atoms with van der Waals surface area (Å²) in [6.07, 6.45) is 1.87. The largest absolute Gasteiger partial charge is 0.309 e. The van der Waals surface area contributed by atoms with E-state index in [0.29, 0.717) is 17.5 Å². The number of hydrogen-bond acceptors (Lipinski definition) is 5. The summed E-state index contributed by atoms with van der Waals surface area (Å²) in [5, 5.41) is 7.03. The fourth-order valence-corrected chi connectivity index (χ4v) is 9.68. The van der Waals surface area contributed by atoms with E-state index in [1.165, 1.54) is 25.6 Å². The number of aromatic nitrogens is 6. The monoisotopic (exact) mass is 746 g/mol. The van der Waals surface area contributed by atoms with Crippen molar-refractivity contribution >= 4 is 75.3 Å². The molecule has 266 valence electrons. The molecule has 0 radical (unpaired) electrons. The predicted molar refractivity (Wildman–Crippen MR) is 235 cm³/mol. The fourth-order valence-electron chi connectivity index (χ4n) is 8.47. The molecule has 0 N–H and O–H groups in total. The lowest BCUT2D eigenvalue weighted by Crippen LogP contribution is -2.00. The van der Waals surface area contributed by atoms with Gasteiger partial charge in [-0.1, -0.05) is 103 Å². The quantitative estimate of drug-likeness (QED) is 0.176. The van der Waals surface area contributed by atoms with Gasteiger partial charge in [0.1, 0.15) is 5.65 Å². The second-order valence-corrected chi connectivity index (χ2v) is 15.3. The van der Waals surface area contributed by atoms with Gasteiger partial charge in [0.15, 0.2) is 17.5 Å². The summed E-state index contributed by atoms with van der Waals surface area (Å²) in [4.78, 5) is 20.4. The maximum absolute atomic E-state index is 5.24. The maximum Gasteiger partial charge on any atom is 0.165 e. The van der Waals surface area contributed by atoms with Crippen LogP contribution in [-0.2, 0) is 0 Å². The third-order valence-electron chi connectivity index (χ3n) is 11.0. The zero-order chi connectivity index (χ0) is 37.5. The summed E-state index contributed by atoms with van der Waals surface area (Å²) in [7, 11) is 0. The summed E-state index contributed by atoms with van der Waals surface area (Å²) < 4.78 is 7.05. The van der Waals surface area contributed by atoms with Crippen LogP contribution >= 0.6 is 11.3 Å². The van der Waals surface area contributed by atoms with Gasteiger partial charge in [-0.15, -0.1) is 11.3 Å². The normalized spacial score (nSPS) is 11.9. The predicted octanol–water partition coefficient (Wildman–Crippen LogP) is 12.8. The molecule has 7 heteroatoms. The van der Waals surface area contributed by atoms with Crippen molar-refractivity contribution in [3.05, 3.63) is 182 Å². The van der Waals surface area contributed by atoms with Crippen LogP contribution in [0.1, 0.15) is 0 Å². The Morgan fingerprint density at radius 2 is 1.07 bits per heavy atom. The van der Waals surface area contributed by atoms with E-state index in [2.05, 4.69) is 161 Å². The Morgan fingerprint density at radius 1 is 0.386 bits per heavy atom. The Bertz CT molecular complexity index is 3470. The van der Waals surface area contributed by atoms with Crippen LogP contribution in [0.4, 0.5) is 0 Å². The van der Waals surface area contributed by atoms with Crippen LogP contribution in [-0.4, -0.2) is 29.1 Å². The van der Waals surface area contributed by atoms with Gasteiger partial charge in [0.05, 0.1) is 16.6 Å². The van der Waals surface area contributed by atoms with E-state index < -0.39 is 0 Å². The highest BCUT2D eigenvalue weighted by Crippen LogP contribution is 2.41. The van der Waals surface area contributed by atoms with Gasteiger partial charge in [0.25, 0.3) is 0 Å². The first-order chi connectivity index (χ1) is 28.3. The molecule has 0 saturated carbocycles. The zero-order valence-corrected chi connectivity index (χ0v) is 31.2. The highest BCUT2D eigenvalue weighted by atomic mass is 32.1. The number of hydrogen-bond donors (Lipinski definition) is 0. The Labute approximate surface area is 330 Å². The van der Waals surface area contributed by atoms with Gasteiger partial charge in [-0.2, -0.15) is 0 Å². The lowest BCUT2D eigenvalue weighted by molar-refractivity contribution is 1.08. The second-order valence-electron chi connectivity index (χ2n) is 14.3. The molecule has 12 rings (SSSR count). The number of para-hydroxylation sites is 2. The molecule has 0 aliphatic rings. The summed E-state index contributed by atoms with van der Waals surface area (Å²) >= 11 is 1.78. The van der Waals surface area contributed by atoms with Gasteiger partial charge >= 0.3 is 0 Å². The Balaban J connectivity index is 1.09. The van der Waals surface area contributed by atoms with Crippen LogP contribution < -0.4 is 0 Å². The molecule has 0 amide bonds. The van der Waals surface area contributed by atoms with E-state index in [-0.39, 0.29) is 0 Å². The molecular weight excluding hydrogens is 717 g/mol. The summed E-state index contributed by atoms with van der Waals surface area (Å²) in [6.45, 7) is 0. The van der Waals surface area contributed by atoms with Crippen LogP contribution in [0.3, 0.4) is 0 Å². The number of benzene rings is 7. The van der Waals surface area contributed by atoms with Crippen molar-refractivity contribution in [3.63, 3.8) is 0 Å². The molecule has 5 aromatic heterocycles. The first-order valence-electron chi connectivity index (χ1n) is 19.0. The number of pyridine rings is 1. The van der Waals surface area contributed by atoms with Crippen molar-refractivity contribution in [1.82, 2.24) is 29.1 Å². The third-order valence-corrected chi connectivity index (χ3v) is 12.2. The summed E-state index contributed by atoms with van der Waals surface area (Å²) in [5.41, 5.74) is 9.29. The Hall–Kier alpha value is -7.48. The van der Waals surface area contributed by atoms with Crippen LogP contribution in [0.2, 0.25) is 0 Å². The molecule has 0 saturated heterocycles. The van der Waals surface area contributed by atoms with E-state index in [1.807, 2.05) is 30.5 Å². The van der Waals surface area contributed by atoms with E-state index in [9.17, 15) is 0 Å². The minimum Gasteiger partial charge on any atom is -0.309 e. The van der Waals surface area contributed by atoms with Crippen molar-refractivity contribution < 1.29 is 0 Å². The van der Waals surface area contributed by atoms with Crippen molar-refractivity contribution in [3.8, 4) is 45.5 Å². The molecule has 0 spiro atoms. The average molecular weight is 747 g/mol. The molecule has 0 unspecified atom stereocenters. The first kappa shape index (κ1) is 31.8. The molecule has 0 aliphatic heterocycles. The Morgan fingerprint density at radius 3 is 1.95 bits per heavy atom. The average Bonchev–Trinajstić information content (AvgIpc) is 3.94. The van der Waals surface area contributed by atoms with Gasteiger partial charge in [0.2, 0.25) is 0 Å². The molecule has 0 bridgehead atoms. The zero-order valence-electron chi connectivity index (χ0n) is 30.4. The molecule has 7 aromatic carbocycles. The van der Waals surface area contributed by atoms with Gasteiger partial charge in [-0.05, 0) is 72.8 Å². The molecule has 5 heterocycles. The molecule has 57 heavy (non-hydrogen) atoms. The first-order valence-corrected chi connectivity index (χ1v) is 19.8. The van der Waals surface area contributed by atoms with Crippen molar-refractivity contribution in [2.75, 3.05) is 0 Å². The van der Waals surface area contributed by atoms with Crippen molar-refractivity contribution in [2.24, 2.45) is 0 Å². The Kier molecular flexibility index (Phi) is 7.00. The van der Waals surface area contributed by atoms with Crippen LogP contribution in [0.5, 0.6) is 0 Å². The fraction of sp³-hybridized carbons (Fsp3) is 0. The summed E-state index contributed by atoms with van der Waals surface area (Å²) in [5.74, 6) is 1.93. The molecule has 6 nitrogen and oxygen atoms in total. The molecule has 0 atom stereocenters. The van der Waals surface area contributed by atoms with Crippen molar-refractivity contribution in [1.29, 1.82) is 0 Å². The lowest BCUT2D eigenvalue weighted by Gasteiger charge is -2.11. The van der Waals surface area contributed by atoms with Crippen LogP contribution in [0, 0.1) is 0 Å². The van der Waals surface area contributed by atoms with Gasteiger partial charge in [-0.25, -0.2) is 19.9 Å². The standard InChI is InChI=1S/C50H30N6S/c1-3-13-31(14-4-1)47-52-48(54-49(53-47)40-20-11-19-38-37-18-8-10-23-45(37)57-46(38)40)32-24-27-43-41(29-32)36-26-25-34(30-44(36)55(43)33-15-5-2-6-16-33)56-42-22-9-7-17-35(42)39-21-12-28-51-50(39)56/h1-30H. The highest BCUT2D eigenvalue weighted by Gasteiger charge is 2.20. The number of rotatable bonds is 5. The summed E-state index contributed by atoms with van der Waals surface area (Å²) in [6, 6.07) is 61.8. The minimum atomic E-state index is 0.632. The van der Waals surface area contributed by atoms with Crippen molar-refractivity contribution in [2.45, 2.75) is 0 Å². The molecular formula is C50H30N6S. The lowest BCUT2D eigenvalue weighted by atomic mass is 10.1. The number of fused-ring (bicyclic) bond motifs is 9. The molecule has 12 aromatic rings. The van der Waals surface area contributed by atoms with Crippen LogP contribution in [0.15, 0.2) is 182 Å². The van der Waals surface area contributed by atoms with E-state index in [0.717, 1.165) is 66.4 Å². The van der Waals surface area contributed by atoms with E-state index in [4.69, 9.17) is 19.9 Å². The third kappa shape index (κ3) is 4.96. The second kappa shape index (κ2) is 12.5. The number of nitrogens with zero attached hydrogens (tertiary/aromatic N) is 6. The smallest absolute Gasteiger partial charge is 0.165 e. The molecule has 0 fully saturated rings. The minimum absolute atomic E-state index is 0.632. The SMILES string of the molecule is c1ccc(-c2nc(-c3ccc4c(c3)c3ccc(-n5c6ccccc6c6cccnc65)cc3n4-c3ccccc3)nc(-c3cccc4c3sc3ccccc34)n2)cc1. The number of thiophene rings is 1. The van der Waals surface area contributed by atoms with Gasteiger partial charge in [0, 0.05) is 76.0 Å². The topological polar surface area (TPSA) is 61.4 Å². The van der Waals surface area contributed by atoms with E-state index >= 15 is 0 Å². The van der Waals surface area contributed by atoms with E-state index in [1.54, 1.807) is 11.3 Å². The van der Waals surface area contributed by atoms with Crippen LogP contribution in [0.25, 0.3) is 109 Å².